The molecular weight excluding hydrogens is 470 g/mol. The number of esters is 1. The van der Waals surface area contributed by atoms with Crippen molar-refractivity contribution in [2.45, 2.75) is 45.6 Å². The van der Waals surface area contributed by atoms with Gasteiger partial charge in [0.1, 0.15) is 0 Å². The second-order valence-corrected chi connectivity index (χ2v) is 9.07. The molecular formula is C29H33N3O5. The summed E-state index contributed by atoms with van der Waals surface area (Å²) in [6.45, 7) is 4.49. The molecule has 0 radical (unpaired) electrons. The number of ketones is 1. The lowest BCUT2D eigenvalue weighted by molar-refractivity contribution is -0.137. The zero-order valence-electron chi connectivity index (χ0n) is 21.2. The Bertz CT molecular complexity index is 1210. The number of ether oxygens (including phenoxy) is 1. The van der Waals surface area contributed by atoms with Gasteiger partial charge in [0.2, 0.25) is 11.8 Å². The van der Waals surface area contributed by atoms with E-state index in [4.69, 9.17) is 11.2 Å². The maximum absolute atomic E-state index is 13.2. The highest BCUT2D eigenvalue weighted by molar-refractivity contribution is 5.98. The molecule has 0 aliphatic carbocycles. The Hall–Kier alpha value is -4.12. The molecule has 2 aromatic rings. The van der Waals surface area contributed by atoms with E-state index in [1.54, 1.807) is 13.0 Å². The molecule has 0 bridgehead atoms. The minimum atomic E-state index is -0.765. The number of aromatic nitrogens is 1. The third-order valence-corrected chi connectivity index (χ3v) is 6.37. The van der Waals surface area contributed by atoms with Crippen molar-refractivity contribution in [1.29, 1.82) is 0 Å². The van der Waals surface area contributed by atoms with Gasteiger partial charge >= 0.3 is 5.97 Å². The van der Waals surface area contributed by atoms with Crippen LogP contribution in [0.2, 0.25) is 0 Å². The molecule has 8 heteroatoms. The summed E-state index contributed by atoms with van der Waals surface area (Å²) >= 11 is 0. The molecule has 3 atom stereocenters. The average Bonchev–Trinajstić information content (AvgIpc) is 3.52. The summed E-state index contributed by atoms with van der Waals surface area (Å²) in [7, 11) is 0. The minimum absolute atomic E-state index is 0.0706. The van der Waals surface area contributed by atoms with Gasteiger partial charge < -0.3 is 20.4 Å². The number of hydrogen-bond donors (Lipinski definition) is 3. The topological polar surface area (TPSA) is 117 Å². The lowest BCUT2D eigenvalue weighted by atomic mass is 9.94. The monoisotopic (exact) mass is 503 g/mol. The molecule has 2 amide bonds. The number of aryl methyl sites for hydroxylation is 1. The van der Waals surface area contributed by atoms with Crippen LogP contribution in [-0.4, -0.2) is 47.7 Å². The average molecular weight is 504 g/mol. The molecule has 0 spiro atoms. The molecule has 2 heterocycles. The van der Waals surface area contributed by atoms with Crippen molar-refractivity contribution >= 4 is 23.6 Å². The predicted octanol–water partition coefficient (Wildman–Crippen LogP) is 3.33. The minimum Gasteiger partial charge on any atom is -0.463 e. The van der Waals surface area contributed by atoms with Gasteiger partial charge in [-0.25, -0.2) is 4.79 Å². The molecule has 194 valence electrons. The van der Waals surface area contributed by atoms with Gasteiger partial charge in [-0.3, -0.25) is 14.4 Å². The molecule has 1 saturated heterocycles. The lowest BCUT2D eigenvalue weighted by Crippen LogP contribution is -2.40. The van der Waals surface area contributed by atoms with Crippen molar-refractivity contribution in [2.24, 2.45) is 11.8 Å². The summed E-state index contributed by atoms with van der Waals surface area (Å²) in [5.41, 5.74) is 3.28. The molecule has 1 aromatic heterocycles. The molecule has 0 unspecified atom stereocenters. The van der Waals surface area contributed by atoms with E-state index < -0.39 is 23.8 Å². The van der Waals surface area contributed by atoms with E-state index in [0.717, 1.165) is 16.8 Å². The molecule has 1 fully saturated rings. The number of amides is 2. The van der Waals surface area contributed by atoms with E-state index in [9.17, 15) is 19.2 Å². The quantitative estimate of drug-likeness (QED) is 0.178. The normalized spacial score (nSPS) is 16.6. The Morgan fingerprint density at radius 1 is 1.24 bits per heavy atom. The standard InChI is InChI=1S/C29H33N3O5/c1-4-8-20(18-26(33)25-13-12-24(32-25)23-10-7-6-9-19(23)3)29(36)31-22(11-14-27(34)37-5-2)17-21-15-16-30-28(21)35/h1,6-7,9-14,20-22,32H,5,8,15-18H2,2-3H3,(H,30,35)(H,31,36)/b14-11+/t20-,21+,22-/m0/s1. The summed E-state index contributed by atoms with van der Waals surface area (Å²) in [5, 5.41) is 5.65. The number of Topliss-reactive ketones (excluding diaryl/α,β-unsaturated/α-hetero) is 1. The Morgan fingerprint density at radius 2 is 2.03 bits per heavy atom. The van der Waals surface area contributed by atoms with Crippen LogP contribution in [-0.2, 0) is 19.1 Å². The first-order valence-electron chi connectivity index (χ1n) is 12.5. The number of carbonyl (C=O) groups is 4. The number of H-pyrrole nitrogens is 1. The van der Waals surface area contributed by atoms with Crippen LogP contribution in [0.3, 0.4) is 0 Å². The molecule has 1 aliphatic rings. The van der Waals surface area contributed by atoms with E-state index in [-0.39, 0.29) is 37.1 Å². The van der Waals surface area contributed by atoms with Gasteiger partial charge in [-0.2, -0.15) is 0 Å². The summed E-state index contributed by atoms with van der Waals surface area (Å²) < 4.78 is 4.92. The van der Waals surface area contributed by atoms with Crippen LogP contribution in [0.1, 0.15) is 48.7 Å². The molecule has 8 nitrogen and oxygen atoms in total. The second kappa shape index (κ2) is 13.3. The van der Waals surface area contributed by atoms with Crippen molar-refractivity contribution in [3.63, 3.8) is 0 Å². The van der Waals surface area contributed by atoms with Crippen LogP contribution in [0.15, 0.2) is 48.6 Å². The molecule has 3 N–H and O–H groups in total. The van der Waals surface area contributed by atoms with Crippen LogP contribution in [0.25, 0.3) is 11.3 Å². The zero-order chi connectivity index (χ0) is 26.8. The smallest absolute Gasteiger partial charge is 0.330 e. The van der Waals surface area contributed by atoms with Crippen LogP contribution >= 0.6 is 0 Å². The number of hydrogen-bond acceptors (Lipinski definition) is 5. The first-order chi connectivity index (χ1) is 17.8. The van der Waals surface area contributed by atoms with Crippen molar-refractivity contribution in [3.8, 4) is 23.6 Å². The van der Waals surface area contributed by atoms with Crippen molar-refractivity contribution in [3.05, 3.63) is 59.8 Å². The van der Waals surface area contributed by atoms with E-state index in [1.165, 1.54) is 12.2 Å². The fourth-order valence-corrected chi connectivity index (χ4v) is 4.37. The van der Waals surface area contributed by atoms with Gasteiger partial charge in [0.25, 0.3) is 0 Å². The SMILES string of the molecule is C#CC[C@@H](CC(=O)c1ccc(-c2ccccc2C)[nH]1)C(=O)N[C@@H](/C=C/C(=O)OCC)C[C@H]1CCNC1=O. The van der Waals surface area contributed by atoms with E-state index >= 15 is 0 Å². The van der Waals surface area contributed by atoms with Crippen molar-refractivity contribution in [1.82, 2.24) is 15.6 Å². The zero-order valence-corrected chi connectivity index (χ0v) is 21.2. The van der Waals surface area contributed by atoms with Crippen LogP contribution in [0, 0.1) is 31.1 Å². The third kappa shape index (κ3) is 7.68. The van der Waals surface area contributed by atoms with E-state index in [0.29, 0.717) is 25.1 Å². The Balaban J connectivity index is 1.71. The highest BCUT2D eigenvalue weighted by Gasteiger charge is 2.29. The van der Waals surface area contributed by atoms with E-state index in [2.05, 4.69) is 21.5 Å². The summed E-state index contributed by atoms with van der Waals surface area (Å²) in [6, 6.07) is 10.8. The van der Waals surface area contributed by atoms with Crippen molar-refractivity contribution < 1.29 is 23.9 Å². The maximum atomic E-state index is 13.2. The van der Waals surface area contributed by atoms with Crippen molar-refractivity contribution in [2.75, 3.05) is 13.2 Å². The van der Waals surface area contributed by atoms with Gasteiger partial charge in [0, 0.05) is 48.7 Å². The highest BCUT2D eigenvalue weighted by Crippen LogP contribution is 2.24. The number of nitrogens with one attached hydrogen (secondary N) is 3. The highest BCUT2D eigenvalue weighted by atomic mass is 16.5. The van der Waals surface area contributed by atoms with Gasteiger partial charge in [-0.1, -0.05) is 30.3 Å². The van der Waals surface area contributed by atoms with Gasteiger partial charge in [0.15, 0.2) is 5.78 Å². The molecule has 37 heavy (non-hydrogen) atoms. The largest absolute Gasteiger partial charge is 0.463 e. The van der Waals surface area contributed by atoms with Crippen LogP contribution < -0.4 is 10.6 Å². The molecule has 1 aliphatic heterocycles. The van der Waals surface area contributed by atoms with Crippen LogP contribution in [0.5, 0.6) is 0 Å². The first-order valence-corrected chi connectivity index (χ1v) is 12.5. The lowest BCUT2D eigenvalue weighted by Gasteiger charge is -2.21. The summed E-state index contributed by atoms with van der Waals surface area (Å²) in [4.78, 5) is 53.3. The maximum Gasteiger partial charge on any atom is 0.330 e. The number of benzene rings is 1. The van der Waals surface area contributed by atoms with E-state index in [1.807, 2.05) is 37.3 Å². The Morgan fingerprint density at radius 3 is 2.70 bits per heavy atom. The van der Waals surface area contributed by atoms with Gasteiger partial charge in [-0.15, -0.1) is 12.3 Å². The molecule has 1 aromatic carbocycles. The van der Waals surface area contributed by atoms with Gasteiger partial charge in [-0.05, 0) is 44.4 Å². The number of aromatic amines is 1. The Kier molecular flexibility index (Phi) is 9.84. The predicted molar refractivity (Wildman–Crippen MR) is 140 cm³/mol. The summed E-state index contributed by atoms with van der Waals surface area (Å²) in [6.07, 6.45) is 9.23. The fraction of sp³-hybridized carbons (Fsp3) is 0.379. The first kappa shape index (κ1) is 27.5. The molecule has 0 saturated carbocycles. The molecule has 3 rings (SSSR count). The number of terminal acetylenes is 1. The summed E-state index contributed by atoms with van der Waals surface area (Å²) in [5.74, 6) is 0.165. The number of rotatable bonds is 12. The fourth-order valence-electron chi connectivity index (χ4n) is 4.37. The third-order valence-electron chi connectivity index (χ3n) is 6.37. The van der Waals surface area contributed by atoms with Gasteiger partial charge in [0.05, 0.1) is 18.2 Å². The second-order valence-electron chi connectivity index (χ2n) is 9.07. The number of carbonyl (C=O) groups excluding carboxylic acids is 4. The Labute approximate surface area is 217 Å². The van der Waals surface area contributed by atoms with Crippen LogP contribution in [0.4, 0.5) is 0 Å².